The molecule has 7 nitrogen and oxygen atoms in total. The number of rotatable bonds is 7. The van der Waals surface area contributed by atoms with Crippen molar-refractivity contribution in [3.63, 3.8) is 0 Å². The summed E-state index contributed by atoms with van der Waals surface area (Å²) in [4.78, 5) is 29.3. The smallest absolute Gasteiger partial charge is 0.147 e. The number of benzene rings is 1. The van der Waals surface area contributed by atoms with Gasteiger partial charge in [0, 0.05) is 32.0 Å². The highest BCUT2D eigenvalue weighted by atomic mass is 16.3. The summed E-state index contributed by atoms with van der Waals surface area (Å²) in [6, 6.07) is 8.09. The third kappa shape index (κ3) is 10.6. The molecule has 0 aliphatic carbocycles. The molecule has 3 rings (SSSR count). The summed E-state index contributed by atoms with van der Waals surface area (Å²) in [6.45, 7) is 16.5. The number of aliphatic imine (C=N–C) groups is 1. The zero-order valence-electron chi connectivity index (χ0n) is 23.2. The van der Waals surface area contributed by atoms with Gasteiger partial charge in [-0.05, 0) is 75.7 Å². The second kappa shape index (κ2) is 14.8. The van der Waals surface area contributed by atoms with E-state index in [-0.39, 0.29) is 23.1 Å². The molecule has 2 fully saturated rings. The number of aliphatic hydroxyl groups is 1. The Morgan fingerprint density at radius 2 is 1.89 bits per heavy atom. The van der Waals surface area contributed by atoms with Crippen molar-refractivity contribution >= 4 is 25.0 Å². The van der Waals surface area contributed by atoms with E-state index in [1.807, 2.05) is 57.1 Å². The van der Waals surface area contributed by atoms with Crippen molar-refractivity contribution in [2.24, 2.45) is 4.99 Å². The highest BCUT2D eigenvalue weighted by Gasteiger charge is 2.33. The van der Waals surface area contributed by atoms with Crippen molar-refractivity contribution in [3.05, 3.63) is 53.8 Å². The van der Waals surface area contributed by atoms with Crippen molar-refractivity contribution < 1.29 is 14.7 Å². The third-order valence-electron chi connectivity index (χ3n) is 6.11. The minimum atomic E-state index is -0.387. The molecule has 0 bridgehead atoms. The van der Waals surface area contributed by atoms with Gasteiger partial charge in [0.05, 0.1) is 11.6 Å². The van der Waals surface area contributed by atoms with E-state index in [0.717, 1.165) is 56.3 Å². The number of likely N-dealkylation sites (N-methyl/N-ethyl adjacent to an activating group) is 2. The molecule has 2 heterocycles. The number of hydrogen-bond acceptors (Lipinski definition) is 7. The lowest BCUT2D eigenvalue weighted by Gasteiger charge is -2.41. The summed E-state index contributed by atoms with van der Waals surface area (Å²) in [5.41, 5.74) is 2.81. The van der Waals surface area contributed by atoms with Crippen LogP contribution in [-0.4, -0.2) is 80.7 Å². The van der Waals surface area contributed by atoms with Gasteiger partial charge in [-0.25, -0.2) is 0 Å². The molecular weight excluding hydrogens is 452 g/mol. The molecule has 2 unspecified atom stereocenters. The fourth-order valence-electron chi connectivity index (χ4n) is 4.21. The molecule has 2 atom stereocenters. The summed E-state index contributed by atoms with van der Waals surface area (Å²) < 4.78 is 0. The summed E-state index contributed by atoms with van der Waals surface area (Å²) in [5.74, 6) is 0. The molecule has 200 valence electrons. The standard InChI is InChI=1S/C19H26N2O.C5H11NO.C5H9NO/c1-7-8-15(13-20-5)18(14-22)21(6)17-11-9-16(10-12-17)19(2,3)4;1-5(7)3-6(2)4-5;7-4-5-2-1-3-6-5/h7-14,18H,5H2,1-4,6H3;7H,3-4H2,1-2H3;4-6H,1-3H2/b8-7-,15-13+;;. The maximum Gasteiger partial charge on any atom is 0.147 e. The Balaban J connectivity index is 0.000000370. The lowest BCUT2D eigenvalue weighted by Crippen LogP contribution is -2.57. The molecule has 1 aromatic carbocycles. The molecule has 0 spiro atoms. The molecule has 36 heavy (non-hydrogen) atoms. The van der Waals surface area contributed by atoms with Crippen LogP contribution in [0.15, 0.2) is 53.2 Å². The van der Waals surface area contributed by atoms with Gasteiger partial charge in [-0.1, -0.05) is 45.1 Å². The lowest BCUT2D eigenvalue weighted by molar-refractivity contribution is -0.109. The number of aldehydes is 2. The van der Waals surface area contributed by atoms with E-state index in [2.05, 4.69) is 54.8 Å². The van der Waals surface area contributed by atoms with Crippen molar-refractivity contribution in [1.29, 1.82) is 0 Å². The molecule has 0 amide bonds. The molecule has 2 aliphatic heterocycles. The average Bonchev–Trinajstić information content (AvgIpc) is 3.33. The number of allylic oxidation sites excluding steroid dienone is 1. The van der Waals surface area contributed by atoms with Gasteiger partial charge in [0.15, 0.2) is 0 Å². The topological polar surface area (TPSA) is 85.2 Å². The fourth-order valence-corrected chi connectivity index (χ4v) is 4.21. The van der Waals surface area contributed by atoms with E-state index in [1.165, 1.54) is 5.56 Å². The largest absolute Gasteiger partial charge is 0.388 e. The molecule has 0 radical (unpaired) electrons. The van der Waals surface area contributed by atoms with Gasteiger partial charge in [-0.3, -0.25) is 4.99 Å². The number of nitrogens with zero attached hydrogens (tertiary/aromatic N) is 3. The molecule has 2 N–H and O–H groups in total. The van der Waals surface area contributed by atoms with Gasteiger partial charge in [-0.2, -0.15) is 0 Å². The summed E-state index contributed by atoms with van der Waals surface area (Å²) >= 11 is 0. The van der Waals surface area contributed by atoms with Crippen LogP contribution in [-0.2, 0) is 15.0 Å². The maximum absolute atomic E-state index is 11.6. The Labute approximate surface area is 218 Å². The molecule has 0 saturated carbocycles. The summed E-state index contributed by atoms with van der Waals surface area (Å²) in [5, 5.41) is 12.1. The minimum Gasteiger partial charge on any atom is -0.388 e. The SMILES string of the molecule is C=N/C=C(\C=C/C)C(C=O)N(C)c1ccc(C(C)(C)C)cc1.CN1CC(C)(O)C1.O=CC1CCCN1. The van der Waals surface area contributed by atoms with Crippen molar-refractivity contribution in [2.75, 3.05) is 38.6 Å². The zero-order chi connectivity index (χ0) is 27.4. The van der Waals surface area contributed by atoms with Crippen LogP contribution >= 0.6 is 0 Å². The zero-order valence-corrected chi connectivity index (χ0v) is 23.2. The van der Waals surface area contributed by atoms with Gasteiger partial charge in [-0.15, -0.1) is 0 Å². The Bertz CT molecular complexity index is 871. The highest BCUT2D eigenvalue weighted by Crippen LogP contribution is 2.26. The number of nitrogens with one attached hydrogen (secondary N) is 1. The Hall–Kier alpha value is -2.61. The number of hydrogen-bond donors (Lipinski definition) is 2. The minimum absolute atomic E-state index is 0.115. The average molecular weight is 499 g/mol. The van der Waals surface area contributed by atoms with E-state index in [1.54, 1.807) is 6.20 Å². The van der Waals surface area contributed by atoms with Crippen LogP contribution in [0.3, 0.4) is 0 Å². The predicted octanol–water partition coefficient (Wildman–Crippen LogP) is 3.77. The normalized spacial score (nSPS) is 20.2. The predicted molar refractivity (Wildman–Crippen MR) is 151 cm³/mol. The van der Waals surface area contributed by atoms with E-state index in [0.29, 0.717) is 0 Å². The van der Waals surface area contributed by atoms with E-state index in [9.17, 15) is 9.59 Å². The third-order valence-corrected chi connectivity index (χ3v) is 6.11. The first-order valence-corrected chi connectivity index (χ1v) is 12.6. The molecule has 1 aromatic rings. The Morgan fingerprint density at radius 3 is 2.19 bits per heavy atom. The first kappa shape index (κ1) is 31.4. The van der Waals surface area contributed by atoms with Crippen LogP contribution in [0.2, 0.25) is 0 Å². The Kier molecular flexibility index (Phi) is 12.9. The van der Waals surface area contributed by atoms with Crippen LogP contribution in [0.1, 0.15) is 53.0 Å². The Morgan fingerprint density at radius 1 is 1.28 bits per heavy atom. The highest BCUT2D eigenvalue weighted by molar-refractivity contribution is 5.72. The number of likely N-dealkylation sites (tertiary alicyclic amines) is 1. The lowest BCUT2D eigenvalue weighted by atomic mass is 9.87. The molecule has 2 aliphatic rings. The summed E-state index contributed by atoms with van der Waals surface area (Å²) in [7, 11) is 3.91. The van der Waals surface area contributed by atoms with Gasteiger partial charge in [0.2, 0.25) is 0 Å². The first-order valence-electron chi connectivity index (χ1n) is 12.6. The first-order chi connectivity index (χ1) is 16.9. The number of carbonyl (C=O) groups is 2. The van der Waals surface area contributed by atoms with Crippen LogP contribution in [0.5, 0.6) is 0 Å². The second-order valence-corrected chi connectivity index (χ2v) is 10.8. The molecular formula is C29H46N4O3. The second-order valence-electron chi connectivity index (χ2n) is 10.8. The van der Waals surface area contributed by atoms with Crippen LogP contribution in [0, 0.1) is 0 Å². The van der Waals surface area contributed by atoms with Gasteiger partial charge < -0.3 is 29.8 Å². The number of carbonyl (C=O) groups excluding carboxylic acids is 2. The molecule has 0 aromatic heterocycles. The van der Waals surface area contributed by atoms with E-state index < -0.39 is 0 Å². The number of anilines is 1. The van der Waals surface area contributed by atoms with Gasteiger partial charge >= 0.3 is 0 Å². The monoisotopic (exact) mass is 498 g/mol. The molecule has 2 saturated heterocycles. The summed E-state index contributed by atoms with van der Waals surface area (Å²) in [6.07, 6.45) is 9.49. The van der Waals surface area contributed by atoms with Crippen molar-refractivity contribution in [2.45, 2.75) is 70.6 Å². The van der Waals surface area contributed by atoms with E-state index >= 15 is 0 Å². The van der Waals surface area contributed by atoms with Crippen LogP contribution < -0.4 is 10.2 Å². The number of β-amino-alcohol motifs (C(OH)–C–C–N with tert-alkyl or cyclic N) is 1. The van der Waals surface area contributed by atoms with Crippen LogP contribution in [0.4, 0.5) is 5.69 Å². The maximum atomic E-state index is 11.6. The molecule has 7 heteroatoms. The van der Waals surface area contributed by atoms with E-state index in [4.69, 9.17) is 5.11 Å². The fraction of sp³-hybridized carbons (Fsp3) is 0.552. The van der Waals surface area contributed by atoms with Gasteiger partial charge in [0.25, 0.3) is 0 Å². The quantitative estimate of drug-likeness (QED) is 0.338. The van der Waals surface area contributed by atoms with Gasteiger partial charge in [0.1, 0.15) is 18.6 Å². The van der Waals surface area contributed by atoms with Crippen molar-refractivity contribution in [1.82, 2.24) is 10.2 Å². The van der Waals surface area contributed by atoms with Crippen molar-refractivity contribution in [3.8, 4) is 0 Å². The van der Waals surface area contributed by atoms with Crippen LogP contribution in [0.25, 0.3) is 0 Å².